The molecular formula is C20H19N3O4. The van der Waals surface area contributed by atoms with E-state index in [1.807, 2.05) is 36.4 Å². The van der Waals surface area contributed by atoms with Gasteiger partial charge in [-0.15, -0.1) is 0 Å². The molecule has 3 rings (SSSR count). The number of hydrogen-bond acceptors (Lipinski definition) is 5. The van der Waals surface area contributed by atoms with E-state index in [1.54, 1.807) is 12.1 Å². The minimum Gasteiger partial charge on any atom is -0.438 e. The molecule has 1 aliphatic carbocycles. The van der Waals surface area contributed by atoms with Gasteiger partial charge in [-0.2, -0.15) is 0 Å². The Hall–Kier alpha value is -3.48. The summed E-state index contributed by atoms with van der Waals surface area (Å²) in [4.78, 5) is 40.4. The summed E-state index contributed by atoms with van der Waals surface area (Å²) in [5.41, 5.74) is 7.06. The van der Waals surface area contributed by atoms with E-state index in [4.69, 9.17) is 10.2 Å². The van der Waals surface area contributed by atoms with Crippen molar-refractivity contribution in [3.8, 4) is 11.3 Å². The number of nitrogens with zero attached hydrogens (tertiary/aromatic N) is 1. The Kier molecular flexibility index (Phi) is 5.61. The van der Waals surface area contributed by atoms with Gasteiger partial charge in [-0.05, 0) is 24.8 Å². The summed E-state index contributed by atoms with van der Waals surface area (Å²) >= 11 is 0. The molecule has 2 aromatic rings. The molecule has 0 aliphatic heterocycles. The van der Waals surface area contributed by atoms with Crippen molar-refractivity contribution in [2.24, 2.45) is 5.73 Å². The maximum absolute atomic E-state index is 12.7. The van der Waals surface area contributed by atoms with Crippen LogP contribution in [-0.2, 0) is 9.59 Å². The molecule has 1 aromatic carbocycles. The third kappa shape index (κ3) is 4.38. The van der Waals surface area contributed by atoms with Gasteiger partial charge in [0.25, 0.3) is 11.8 Å². The van der Waals surface area contributed by atoms with Gasteiger partial charge < -0.3 is 15.5 Å². The smallest absolute Gasteiger partial charge is 0.289 e. The van der Waals surface area contributed by atoms with Crippen LogP contribution in [0.3, 0.4) is 0 Å². The van der Waals surface area contributed by atoms with Crippen LogP contribution in [-0.4, -0.2) is 28.6 Å². The molecule has 1 atom stereocenters. The number of hydrogen-bond donors (Lipinski definition) is 2. The van der Waals surface area contributed by atoms with E-state index in [9.17, 15) is 14.4 Å². The second kappa shape index (κ2) is 8.27. The topological polar surface area (TPSA) is 115 Å². The monoisotopic (exact) mass is 365 g/mol. The first-order valence-electron chi connectivity index (χ1n) is 8.55. The number of aromatic nitrogens is 1. The van der Waals surface area contributed by atoms with E-state index in [1.165, 1.54) is 0 Å². The molecule has 1 unspecified atom stereocenters. The Bertz CT molecular complexity index is 912. The molecule has 138 valence electrons. The zero-order chi connectivity index (χ0) is 19.2. The molecule has 7 nitrogen and oxygen atoms in total. The van der Waals surface area contributed by atoms with Gasteiger partial charge in [-0.1, -0.05) is 48.6 Å². The van der Waals surface area contributed by atoms with Gasteiger partial charge >= 0.3 is 0 Å². The van der Waals surface area contributed by atoms with E-state index in [-0.39, 0.29) is 12.2 Å². The van der Waals surface area contributed by atoms with Gasteiger partial charge in [-0.3, -0.25) is 14.4 Å². The number of nitrogens with one attached hydrogen (secondary N) is 1. The van der Waals surface area contributed by atoms with Crippen molar-refractivity contribution in [3.05, 3.63) is 66.3 Å². The zero-order valence-corrected chi connectivity index (χ0v) is 14.6. The highest BCUT2D eigenvalue weighted by Gasteiger charge is 2.28. The Labute approximate surface area is 156 Å². The molecule has 7 heteroatoms. The first-order chi connectivity index (χ1) is 13.1. The molecule has 0 fully saturated rings. The standard InChI is InChI=1S/C20H19N3O4/c21-19(25)17(24)15(11-13-7-3-1-4-8-13)23-20(26)18-16(22-12-27-18)14-9-5-2-6-10-14/h2-3,5-10,12,15H,1,4,11H2,(H2,21,25)(H,23,26). The number of ketones is 1. The molecule has 0 bridgehead atoms. The Morgan fingerprint density at radius 1 is 1.19 bits per heavy atom. The summed E-state index contributed by atoms with van der Waals surface area (Å²) in [6.45, 7) is 0. The summed E-state index contributed by atoms with van der Waals surface area (Å²) in [5, 5.41) is 2.56. The number of Topliss-reactive ketones (excluding diaryl/α,β-unsaturated/α-hetero) is 1. The van der Waals surface area contributed by atoms with Crippen LogP contribution in [0.2, 0.25) is 0 Å². The third-order valence-electron chi connectivity index (χ3n) is 4.20. The second-order valence-electron chi connectivity index (χ2n) is 6.11. The first-order valence-corrected chi connectivity index (χ1v) is 8.55. The maximum Gasteiger partial charge on any atom is 0.289 e. The van der Waals surface area contributed by atoms with E-state index in [0.717, 1.165) is 24.8 Å². The van der Waals surface area contributed by atoms with E-state index < -0.39 is 23.6 Å². The SMILES string of the molecule is NC(=O)C(=O)C(CC1=CCCC=C1)NC(=O)c1ocnc1-c1ccccc1. The number of nitrogens with two attached hydrogens (primary N) is 1. The average molecular weight is 365 g/mol. The van der Waals surface area contributed by atoms with Gasteiger partial charge in [0.2, 0.25) is 11.5 Å². The van der Waals surface area contributed by atoms with Crippen molar-refractivity contribution in [1.29, 1.82) is 0 Å². The van der Waals surface area contributed by atoms with Gasteiger partial charge in [0.05, 0.1) is 0 Å². The van der Waals surface area contributed by atoms with Crippen LogP contribution < -0.4 is 11.1 Å². The predicted octanol–water partition coefficient (Wildman–Crippen LogP) is 2.16. The maximum atomic E-state index is 12.7. The summed E-state index contributed by atoms with van der Waals surface area (Å²) in [5.74, 6) is -2.62. The average Bonchev–Trinajstić information content (AvgIpc) is 3.18. The van der Waals surface area contributed by atoms with Crippen molar-refractivity contribution < 1.29 is 18.8 Å². The number of rotatable bonds is 7. The van der Waals surface area contributed by atoms with Crippen molar-refractivity contribution >= 4 is 17.6 Å². The predicted molar refractivity (Wildman–Crippen MR) is 98.5 cm³/mol. The molecule has 1 heterocycles. The lowest BCUT2D eigenvalue weighted by atomic mass is 9.97. The molecule has 27 heavy (non-hydrogen) atoms. The van der Waals surface area contributed by atoms with Crippen molar-refractivity contribution in [3.63, 3.8) is 0 Å². The number of benzene rings is 1. The van der Waals surface area contributed by atoms with Crippen LogP contribution in [0.5, 0.6) is 0 Å². The van der Waals surface area contributed by atoms with Crippen molar-refractivity contribution in [2.45, 2.75) is 25.3 Å². The van der Waals surface area contributed by atoms with E-state index in [2.05, 4.69) is 10.3 Å². The molecule has 0 spiro atoms. The van der Waals surface area contributed by atoms with Crippen LogP contribution in [0.1, 0.15) is 29.8 Å². The molecule has 3 N–H and O–H groups in total. The summed E-state index contributed by atoms with van der Waals surface area (Å²) < 4.78 is 5.23. The lowest BCUT2D eigenvalue weighted by Gasteiger charge is -2.17. The van der Waals surface area contributed by atoms with Crippen LogP contribution in [0.25, 0.3) is 11.3 Å². The quantitative estimate of drug-likeness (QED) is 0.730. The molecule has 0 saturated heterocycles. The van der Waals surface area contributed by atoms with Gasteiger partial charge in [0.15, 0.2) is 6.39 Å². The largest absolute Gasteiger partial charge is 0.438 e. The van der Waals surface area contributed by atoms with Crippen LogP contribution >= 0.6 is 0 Å². The van der Waals surface area contributed by atoms with Crippen LogP contribution in [0.4, 0.5) is 0 Å². The Morgan fingerprint density at radius 3 is 2.63 bits per heavy atom. The van der Waals surface area contributed by atoms with Crippen molar-refractivity contribution in [2.75, 3.05) is 0 Å². The fraction of sp³-hybridized carbons (Fsp3) is 0.200. The number of amides is 2. The lowest BCUT2D eigenvalue weighted by molar-refractivity contribution is -0.137. The number of primary amides is 1. The highest BCUT2D eigenvalue weighted by molar-refractivity contribution is 6.38. The van der Waals surface area contributed by atoms with E-state index in [0.29, 0.717) is 11.3 Å². The highest BCUT2D eigenvalue weighted by Crippen LogP contribution is 2.22. The van der Waals surface area contributed by atoms with Crippen LogP contribution in [0.15, 0.2) is 64.9 Å². The Morgan fingerprint density at radius 2 is 1.96 bits per heavy atom. The molecule has 2 amide bonds. The minimum atomic E-state index is -1.10. The number of allylic oxidation sites excluding steroid dienone is 3. The molecular weight excluding hydrogens is 346 g/mol. The third-order valence-corrected chi connectivity index (χ3v) is 4.20. The van der Waals surface area contributed by atoms with Gasteiger partial charge in [-0.25, -0.2) is 4.98 Å². The molecule has 0 saturated carbocycles. The first kappa shape index (κ1) is 18.3. The summed E-state index contributed by atoms with van der Waals surface area (Å²) in [6, 6.07) is 7.98. The fourth-order valence-electron chi connectivity index (χ4n) is 2.87. The number of carbonyl (C=O) groups is 3. The van der Waals surface area contributed by atoms with E-state index >= 15 is 0 Å². The molecule has 0 radical (unpaired) electrons. The number of carbonyl (C=O) groups excluding carboxylic acids is 3. The van der Waals surface area contributed by atoms with Crippen molar-refractivity contribution in [1.82, 2.24) is 10.3 Å². The van der Waals surface area contributed by atoms with Crippen LogP contribution in [0, 0.1) is 0 Å². The Balaban J connectivity index is 1.82. The van der Waals surface area contributed by atoms with Gasteiger partial charge in [0, 0.05) is 5.56 Å². The minimum absolute atomic E-state index is 0.0309. The summed E-state index contributed by atoms with van der Waals surface area (Å²) in [6.07, 6.45) is 8.93. The second-order valence-corrected chi connectivity index (χ2v) is 6.11. The lowest BCUT2D eigenvalue weighted by Crippen LogP contribution is -2.46. The molecule has 1 aromatic heterocycles. The highest BCUT2D eigenvalue weighted by atomic mass is 16.3. The van der Waals surface area contributed by atoms with Gasteiger partial charge in [0.1, 0.15) is 11.7 Å². The number of oxazole rings is 1. The normalized spacial score (nSPS) is 14.3. The zero-order valence-electron chi connectivity index (χ0n) is 14.6. The molecule has 1 aliphatic rings. The summed E-state index contributed by atoms with van der Waals surface area (Å²) in [7, 11) is 0. The fourth-order valence-corrected chi connectivity index (χ4v) is 2.87.